The van der Waals surface area contributed by atoms with Gasteiger partial charge in [-0.25, -0.2) is 0 Å². The molecule has 16 heavy (non-hydrogen) atoms. The van der Waals surface area contributed by atoms with Gasteiger partial charge in [0.25, 0.3) is 0 Å². The fourth-order valence-electron chi connectivity index (χ4n) is 0.761. The topological polar surface area (TPSA) is 0 Å². The number of aryl methyl sites for hydroxylation is 1. The molecule has 0 aliphatic heterocycles. The zero-order valence-electron chi connectivity index (χ0n) is 11.1. The van der Waals surface area contributed by atoms with Crippen molar-refractivity contribution >= 4 is 11.3 Å². The molecule has 2 aromatic rings. The monoisotopic (exact) mass is 236 g/mol. The molecule has 0 radical (unpaired) electrons. The highest BCUT2D eigenvalue weighted by Crippen LogP contribution is 1.92. The number of hydrogen-bond acceptors (Lipinski definition) is 1. The maximum Gasteiger partial charge on any atom is -0.00934 e. The van der Waals surface area contributed by atoms with Crippen LogP contribution in [0.4, 0.5) is 0 Å². The quantitative estimate of drug-likeness (QED) is 0.542. The Balaban J connectivity index is 0. The van der Waals surface area contributed by atoms with Crippen molar-refractivity contribution in [2.24, 2.45) is 0 Å². The van der Waals surface area contributed by atoms with Crippen molar-refractivity contribution in [2.45, 2.75) is 34.6 Å². The first-order valence-electron chi connectivity index (χ1n) is 5.88. The summed E-state index contributed by atoms with van der Waals surface area (Å²) in [4.78, 5) is 0. The molecule has 1 aromatic heterocycles. The Labute approximate surface area is 105 Å². The van der Waals surface area contributed by atoms with Gasteiger partial charge >= 0.3 is 0 Å². The van der Waals surface area contributed by atoms with Crippen LogP contribution in [-0.2, 0) is 0 Å². The predicted octanol–water partition coefficient (Wildman–Crippen LogP) is 5.80. The lowest BCUT2D eigenvalue weighted by Crippen LogP contribution is -1.62. The first-order valence-corrected chi connectivity index (χ1v) is 6.82. The Morgan fingerprint density at radius 3 is 1.31 bits per heavy atom. The highest BCUT2D eigenvalue weighted by Gasteiger charge is 1.72. The van der Waals surface area contributed by atoms with E-state index in [1.54, 1.807) is 11.3 Å². The van der Waals surface area contributed by atoms with Gasteiger partial charge in [-0.15, -0.1) is 0 Å². The van der Waals surface area contributed by atoms with Crippen molar-refractivity contribution in [1.82, 2.24) is 0 Å². The number of rotatable bonds is 0. The summed E-state index contributed by atoms with van der Waals surface area (Å²) in [7, 11) is 0. The van der Waals surface area contributed by atoms with Crippen molar-refractivity contribution in [3.63, 3.8) is 0 Å². The van der Waals surface area contributed by atoms with Crippen molar-refractivity contribution in [2.75, 3.05) is 0 Å². The van der Waals surface area contributed by atoms with Crippen LogP contribution in [0.15, 0.2) is 53.2 Å². The molecule has 1 aromatic carbocycles. The van der Waals surface area contributed by atoms with Gasteiger partial charge in [-0.2, -0.15) is 11.3 Å². The van der Waals surface area contributed by atoms with E-state index in [-0.39, 0.29) is 0 Å². The fraction of sp³-hybridized carbons (Fsp3) is 0.333. The van der Waals surface area contributed by atoms with E-state index < -0.39 is 0 Å². The van der Waals surface area contributed by atoms with E-state index in [0.717, 1.165) is 0 Å². The summed E-state index contributed by atoms with van der Waals surface area (Å²) in [6.07, 6.45) is 0. The minimum absolute atomic E-state index is 1.32. The molecule has 0 fully saturated rings. The molecule has 0 atom stereocenters. The maximum absolute atomic E-state index is 2.08. The Kier molecular flexibility index (Phi) is 17.7. The molecule has 0 N–H and O–H groups in total. The second-order valence-electron chi connectivity index (χ2n) is 2.45. The van der Waals surface area contributed by atoms with Crippen molar-refractivity contribution in [1.29, 1.82) is 0 Å². The van der Waals surface area contributed by atoms with E-state index in [4.69, 9.17) is 0 Å². The summed E-state index contributed by atoms with van der Waals surface area (Å²) in [5.74, 6) is 0. The van der Waals surface area contributed by atoms with Gasteiger partial charge in [0, 0.05) is 0 Å². The van der Waals surface area contributed by atoms with E-state index in [9.17, 15) is 0 Å². The van der Waals surface area contributed by atoms with E-state index in [0.29, 0.717) is 0 Å². The molecular weight excluding hydrogens is 212 g/mol. The summed E-state index contributed by atoms with van der Waals surface area (Å²) in [5, 5.41) is 4.08. The minimum atomic E-state index is 1.32. The maximum atomic E-state index is 2.08. The van der Waals surface area contributed by atoms with E-state index in [1.807, 2.05) is 68.8 Å². The van der Waals surface area contributed by atoms with Crippen molar-refractivity contribution in [3.8, 4) is 0 Å². The van der Waals surface area contributed by atoms with Gasteiger partial charge in [0.15, 0.2) is 0 Å². The van der Waals surface area contributed by atoms with Gasteiger partial charge in [0.2, 0.25) is 0 Å². The molecule has 0 nitrogen and oxygen atoms in total. The fourth-order valence-corrected chi connectivity index (χ4v) is 1.21. The highest BCUT2D eigenvalue weighted by atomic mass is 32.1. The van der Waals surface area contributed by atoms with E-state index in [2.05, 4.69) is 19.1 Å². The van der Waals surface area contributed by atoms with Crippen molar-refractivity contribution in [3.05, 3.63) is 58.8 Å². The molecule has 0 saturated carbocycles. The zero-order chi connectivity index (χ0) is 12.6. The van der Waals surface area contributed by atoms with Crippen LogP contribution in [0, 0.1) is 6.92 Å². The average Bonchev–Trinajstić information content (AvgIpc) is 2.94. The van der Waals surface area contributed by atoms with Crippen LogP contribution in [-0.4, -0.2) is 0 Å². The van der Waals surface area contributed by atoms with Gasteiger partial charge in [0.1, 0.15) is 0 Å². The molecule has 0 bridgehead atoms. The van der Waals surface area contributed by atoms with Crippen LogP contribution in [0.25, 0.3) is 0 Å². The third kappa shape index (κ3) is 12.9. The van der Waals surface area contributed by atoms with E-state index in [1.165, 1.54) is 5.56 Å². The van der Waals surface area contributed by atoms with Gasteiger partial charge in [-0.3, -0.25) is 0 Å². The zero-order valence-corrected chi connectivity index (χ0v) is 11.9. The van der Waals surface area contributed by atoms with Crippen LogP contribution >= 0.6 is 11.3 Å². The summed E-state index contributed by atoms with van der Waals surface area (Å²) >= 11 is 1.71. The lowest BCUT2D eigenvalue weighted by atomic mass is 10.2. The number of benzene rings is 1. The second-order valence-corrected chi connectivity index (χ2v) is 3.26. The molecule has 1 heterocycles. The Morgan fingerprint density at radius 2 is 1.12 bits per heavy atom. The third-order valence-corrected chi connectivity index (χ3v) is 1.99. The van der Waals surface area contributed by atoms with Crippen LogP contribution in [0.5, 0.6) is 0 Å². The molecule has 0 unspecified atom stereocenters. The molecule has 0 aliphatic rings. The SMILES string of the molecule is CC.CC.Cc1ccccc1.c1ccsc1. The lowest BCUT2D eigenvalue weighted by molar-refractivity contribution is 1.48. The van der Waals surface area contributed by atoms with Gasteiger partial charge < -0.3 is 0 Å². The van der Waals surface area contributed by atoms with Crippen LogP contribution in [0.2, 0.25) is 0 Å². The van der Waals surface area contributed by atoms with Crippen LogP contribution in [0.3, 0.4) is 0 Å². The molecule has 2 rings (SSSR count). The third-order valence-electron chi connectivity index (χ3n) is 1.37. The number of thiophene rings is 1. The molecule has 0 aliphatic carbocycles. The summed E-state index contributed by atoms with van der Waals surface area (Å²) in [5.41, 5.74) is 1.32. The smallest absolute Gasteiger partial charge is 0.00934 e. The molecule has 1 heteroatoms. The standard InChI is InChI=1S/C7H8.C4H4S.2C2H6/c1-7-5-3-2-4-6-7;1-2-4-5-3-1;2*1-2/h2-6H,1H3;1-4H;2*1-2H3. The van der Waals surface area contributed by atoms with Crippen molar-refractivity contribution < 1.29 is 0 Å². The molecule has 0 amide bonds. The molecule has 0 spiro atoms. The molecular formula is C15H24S. The summed E-state index contributed by atoms with van der Waals surface area (Å²) in [6.45, 7) is 10.1. The van der Waals surface area contributed by atoms with Gasteiger partial charge in [0.05, 0.1) is 0 Å². The van der Waals surface area contributed by atoms with Crippen LogP contribution in [0.1, 0.15) is 33.3 Å². The largest absolute Gasteiger partial charge is 0.152 e. The lowest BCUT2D eigenvalue weighted by Gasteiger charge is -1.82. The predicted molar refractivity (Wildman–Crippen MR) is 78.2 cm³/mol. The first-order chi connectivity index (χ1) is 7.89. The normalized spacial score (nSPS) is 7.06. The molecule has 90 valence electrons. The minimum Gasteiger partial charge on any atom is -0.152 e. The van der Waals surface area contributed by atoms with Gasteiger partial charge in [-0.1, -0.05) is 75.7 Å². The van der Waals surface area contributed by atoms with Gasteiger partial charge in [-0.05, 0) is 17.7 Å². The summed E-state index contributed by atoms with van der Waals surface area (Å²) in [6, 6.07) is 14.3. The number of hydrogen-bond donors (Lipinski definition) is 0. The average molecular weight is 236 g/mol. The van der Waals surface area contributed by atoms with Crippen LogP contribution < -0.4 is 0 Å². The highest BCUT2D eigenvalue weighted by molar-refractivity contribution is 7.07. The molecule has 0 saturated heterocycles. The van der Waals surface area contributed by atoms with E-state index >= 15 is 0 Å². The second kappa shape index (κ2) is 16.4. The Bertz CT molecular complexity index is 254. The summed E-state index contributed by atoms with van der Waals surface area (Å²) < 4.78 is 0. The Hall–Kier alpha value is -1.08. The Morgan fingerprint density at radius 1 is 0.688 bits per heavy atom. The first kappa shape index (κ1) is 17.3.